The number of hydrogen-bond donors (Lipinski definition) is 0. The summed E-state index contributed by atoms with van der Waals surface area (Å²) in [5, 5.41) is 0. The van der Waals surface area contributed by atoms with Crippen LogP contribution in [0.5, 0.6) is 0 Å². The van der Waals surface area contributed by atoms with Crippen molar-refractivity contribution in [1.82, 2.24) is 4.31 Å². The molecule has 0 bridgehead atoms. The third-order valence-electron chi connectivity index (χ3n) is 7.66. The molecule has 0 unspecified atom stereocenters. The fourth-order valence-electron chi connectivity index (χ4n) is 5.33. The van der Waals surface area contributed by atoms with E-state index in [-0.39, 0.29) is 41.4 Å². The van der Waals surface area contributed by atoms with Crippen molar-refractivity contribution in [2.75, 3.05) is 0 Å². The second-order valence-electron chi connectivity index (χ2n) is 11.9. The lowest BCUT2D eigenvalue weighted by Gasteiger charge is -2.41. The van der Waals surface area contributed by atoms with Gasteiger partial charge in [-0.05, 0) is 50.3 Å². The maximum atomic E-state index is 14.2. The standard InChI is InChI=1S/C28H57NO6SSi4/c1-13-14-23(19-27(5,6)25(32-37-9)33-38-10)29(20(2)3)36(30,31)24-17-15-22(16-18-24)21(4)28(7,8)26(34-39-11)35-40-12/h13,15-18,20-21,23,25-26H,1,14,19,37-40H2,2-12H3/t21-,23-/m0/s1. The molecule has 0 spiro atoms. The zero-order valence-electron chi connectivity index (χ0n) is 27.0. The van der Waals surface area contributed by atoms with E-state index < -0.39 is 49.1 Å². The van der Waals surface area contributed by atoms with Crippen molar-refractivity contribution < 1.29 is 26.1 Å². The minimum atomic E-state index is -3.77. The summed E-state index contributed by atoms with van der Waals surface area (Å²) in [6, 6.07) is 6.91. The zero-order valence-corrected chi connectivity index (χ0v) is 33.5. The van der Waals surface area contributed by atoms with Crippen molar-refractivity contribution in [3.05, 3.63) is 42.5 Å². The van der Waals surface area contributed by atoms with Crippen LogP contribution in [0.25, 0.3) is 0 Å². The van der Waals surface area contributed by atoms with Crippen LogP contribution < -0.4 is 0 Å². The first-order chi connectivity index (χ1) is 18.6. The summed E-state index contributed by atoms with van der Waals surface area (Å²) in [6.45, 7) is 27.0. The predicted octanol–water partition coefficient (Wildman–Crippen LogP) is 3.82. The van der Waals surface area contributed by atoms with Crippen LogP contribution in [0.2, 0.25) is 26.2 Å². The number of benzene rings is 1. The molecule has 2 atom stereocenters. The van der Waals surface area contributed by atoms with Crippen molar-refractivity contribution in [2.45, 2.75) is 123 Å². The predicted molar refractivity (Wildman–Crippen MR) is 179 cm³/mol. The molecule has 232 valence electrons. The van der Waals surface area contributed by atoms with E-state index in [0.717, 1.165) is 5.56 Å². The van der Waals surface area contributed by atoms with Gasteiger partial charge >= 0.3 is 0 Å². The van der Waals surface area contributed by atoms with Crippen LogP contribution in [-0.4, -0.2) is 76.4 Å². The second-order valence-corrected chi connectivity index (χ2v) is 17.4. The summed E-state index contributed by atoms with van der Waals surface area (Å²) in [4.78, 5) is 0.304. The smallest absolute Gasteiger partial charge is 0.243 e. The normalized spacial score (nSPS) is 17.4. The summed E-state index contributed by atoms with van der Waals surface area (Å²) in [5.41, 5.74) is 0.470. The molecule has 0 amide bonds. The Bertz CT molecular complexity index is 979. The highest BCUT2D eigenvalue weighted by molar-refractivity contribution is 7.89. The quantitative estimate of drug-likeness (QED) is 0.122. The number of sulfonamides is 1. The van der Waals surface area contributed by atoms with Crippen molar-refractivity contribution in [1.29, 1.82) is 0 Å². The first-order valence-electron chi connectivity index (χ1n) is 14.9. The minimum Gasteiger partial charge on any atom is -0.400 e. The molecule has 0 N–H and O–H groups in total. The molecular weight excluding hydrogens is 591 g/mol. The molecule has 12 heteroatoms. The summed E-state index contributed by atoms with van der Waals surface area (Å²) in [5.74, 6) is 0.118. The van der Waals surface area contributed by atoms with Crippen LogP contribution in [0.3, 0.4) is 0 Å². The van der Waals surface area contributed by atoms with E-state index in [4.69, 9.17) is 17.7 Å². The molecule has 0 aliphatic heterocycles. The van der Waals surface area contributed by atoms with Gasteiger partial charge in [-0.15, -0.1) is 6.58 Å². The molecule has 0 aliphatic carbocycles. The third kappa shape index (κ3) is 9.81. The van der Waals surface area contributed by atoms with Crippen LogP contribution in [-0.2, 0) is 27.7 Å². The lowest BCUT2D eigenvalue weighted by molar-refractivity contribution is -0.0884. The van der Waals surface area contributed by atoms with Gasteiger partial charge in [-0.2, -0.15) is 4.31 Å². The molecule has 0 radical (unpaired) electrons. The summed E-state index contributed by atoms with van der Waals surface area (Å²) in [6.07, 6.45) is 2.43. The van der Waals surface area contributed by atoms with E-state index in [0.29, 0.717) is 17.7 Å². The van der Waals surface area contributed by atoms with E-state index in [2.05, 4.69) is 67.4 Å². The Morgan fingerprint density at radius 1 is 0.850 bits per heavy atom. The largest absolute Gasteiger partial charge is 0.400 e. The average Bonchev–Trinajstić information content (AvgIpc) is 2.87. The van der Waals surface area contributed by atoms with Gasteiger partial charge in [0.2, 0.25) is 10.0 Å². The summed E-state index contributed by atoms with van der Waals surface area (Å²) >= 11 is 0. The molecule has 7 nitrogen and oxygen atoms in total. The third-order valence-corrected chi connectivity index (χ3v) is 12.3. The van der Waals surface area contributed by atoms with Gasteiger partial charge in [-0.1, -0.05) is 79.0 Å². The molecule has 0 heterocycles. The second kappa shape index (κ2) is 17.0. The van der Waals surface area contributed by atoms with Crippen molar-refractivity contribution >= 4 is 49.1 Å². The Morgan fingerprint density at radius 3 is 1.70 bits per heavy atom. The van der Waals surface area contributed by atoms with E-state index in [1.807, 2.05) is 32.1 Å². The highest BCUT2D eigenvalue weighted by Gasteiger charge is 2.40. The number of hydrogen-bond acceptors (Lipinski definition) is 6. The SMILES string of the molecule is C=CC[C@@H](CC(C)(C)C(O[SiH2]C)O[SiH2]C)N(C(C)C)S(=O)(=O)c1ccc([C@H](C)C(C)(C)C(O[SiH2]C)O[SiH2]C)cc1. The molecule has 0 saturated carbocycles. The minimum absolute atomic E-state index is 0.118. The Morgan fingerprint density at radius 2 is 1.30 bits per heavy atom. The van der Waals surface area contributed by atoms with Gasteiger partial charge in [-0.25, -0.2) is 8.42 Å². The monoisotopic (exact) mass is 647 g/mol. The van der Waals surface area contributed by atoms with E-state index in [1.54, 1.807) is 16.4 Å². The lowest BCUT2D eigenvalue weighted by atomic mass is 9.75. The molecule has 1 aromatic carbocycles. The molecule has 0 aromatic heterocycles. The molecule has 1 aromatic rings. The van der Waals surface area contributed by atoms with Crippen LogP contribution in [0, 0.1) is 10.8 Å². The maximum Gasteiger partial charge on any atom is 0.243 e. The van der Waals surface area contributed by atoms with Crippen LogP contribution in [0.4, 0.5) is 0 Å². The Labute approximate surface area is 255 Å². The Hall–Kier alpha value is -0.422. The first-order valence-corrected chi connectivity index (χ1v) is 24.3. The van der Waals surface area contributed by atoms with Gasteiger partial charge in [0.15, 0.2) is 39.1 Å². The summed E-state index contributed by atoms with van der Waals surface area (Å²) in [7, 11) is -6.40. The molecule has 1 rings (SSSR count). The van der Waals surface area contributed by atoms with Crippen molar-refractivity contribution in [3.8, 4) is 0 Å². The highest BCUT2D eigenvalue weighted by Crippen LogP contribution is 2.41. The van der Waals surface area contributed by atoms with E-state index in [9.17, 15) is 8.42 Å². The number of nitrogens with zero attached hydrogens (tertiary/aromatic N) is 1. The molecule has 0 saturated heterocycles. The highest BCUT2D eigenvalue weighted by atomic mass is 32.2. The Balaban J connectivity index is 3.40. The number of rotatable bonds is 20. The molecule has 40 heavy (non-hydrogen) atoms. The van der Waals surface area contributed by atoms with Gasteiger partial charge in [-0.3, -0.25) is 0 Å². The molecular formula is C28H57NO6SSi4. The van der Waals surface area contributed by atoms with Gasteiger partial charge in [0.25, 0.3) is 0 Å². The van der Waals surface area contributed by atoms with E-state index >= 15 is 0 Å². The van der Waals surface area contributed by atoms with Crippen LogP contribution in [0.1, 0.15) is 72.8 Å². The van der Waals surface area contributed by atoms with Gasteiger partial charge in [0.05, 0.1) is 4.90 Å². The van der Waals surface area contributed by atoms with E-state index in [1.165, 1.54) is 0 Å². The van der Waals surface area contributed by atoms with Gasteiger partial charge < -0.3 is 17.7 Å². The van der Waals surface area contributed by atoms with Crippen molar-refractivity contribution in [3.63, 3.8) is 0 Å². The molecule has 0 aliphatic rings. The fraction of sp³-hybridized carbons (Fsp3) is 0.714. The van der Waals surface area contributed by atoms with Gasteiger partial charge in [0.1, 0.15) is 12.6 Å². The summed E-state index contributed by atoms with van der Waals surface area (Å²) < 4.78 is 54.4. The van der Waals surface area contributed by atoms with Crippen molar-refractivity contribution in [2.24, 2.45) is 10.8 Å². The van der Waals surface area contributed by atoms with Gasteiger partial charge in [0, 0.05) is 22.9 Å². The topological polar surface area (TPSA) is 74.3 Å². The van der Waals surface area contributed by atoms with Crippen LogP contribution in [0.15, 0.2) is 41.8 Å². The average molecular weight is 648 g/mol. The maximum absolute atomic E-state index is 14.2. The molecule has 0 fully saturated rings. The fourth-order valence-corrected chi connectivity index (χ4v) is 10.9. The Kier molecular flexibility index (Phi) is 16.0. The zero-order chi connectivity index (χ0) is 30.7. The first kappa shape index (κ1) is 37.6. The lowest BCUT2D eigenvalue weighted by Crippen LogP contribution is -2.48. The van der Waals surface area contributed by atoms with Crippen LogP contribution >= 0.6 is 0 Å².